The second kappa shape index (κ2) is 5.82. The van der Waals surface area contributed by atoms with E-state index in [9.17, 15) is 22.4 Å². The third kappa shape index (κ3) is 3.38. The molecule has 0 spiro atoms. The molecular formula is C12H12F4N6O. The molecule has 1 N–H and O–H groups in total. The highest BCUT2D eigenvalue weighted by atomic mass is 19.4. The van der Waals surface area contributed by atoms with Crippen LogP contribution < -0.4 is 5.43 Å². The Morgan fingerprint density at radius 3 is 2.43 bits per heavy atom. The zero-order valence-electron chi connectivity index (χ0n) is 12.3. The summed E-state index contributed by atoms with van der Waals surface area (Å²) in [5.41, 5.74) is 0.902. The minimum absolute atomic E-state index is 0.0637. The number of aryl methyl sites for hydroxylation is 3. The summed E-state index contributed by atoms with van der Waals surface area (Å²) in [5, 5.41) is 10.5. The van der Waals surface area contributed by atoms with Gasteiger partial charge in [-0.25, -0.2) is 10.1 Å². The maximum Gasteiger partial charge on any atom is 0.435 e. The number of nitrogens with zero attached hydrogens (tertiary/aromatic N) is 5. The lowest BCUT2D eigenvalue weighted by molar-refractivity contribution is -0.141. The van der Waals surface area contributed by atoms with Gasteiger partial charge < -0.3 is 0 Å². The number of hydrogen-bond acceptors (Lipinski definition) is 4. The Morgan fingerprint density at radius 2 is 1.96 bits per heavy atom. The molecule has 124 valence electrons. The SMILES string of the molecule is Cc1nn(C)c(F)c1C=NNC(=O)c1cc(C(F)(F)F)nn1C. The van der Waals surface area contributed by atoms with Gasteiger partial charge in [-0.05, 0) is 6.92 Å². The first-order chi connectivity index (χ1) is 10.6. The predicted molar refractivity (Wildman–Crippen MR) is 71.2 cm³/mol. The maximum absolute atomic E-state index is 13.6. The highest BCUT2D eigenvalue weighted by Crippen LogP contribution is 2.28. The van der Waals surface area contributed by atoms with Crippen molar-refractivity contribution in [3.63, 3.8) is 0 Å². The van der Waals surface area contributed by atoms with Crippen molar-refractivity contribution >= 4 is 12.1 Å². The molecule has 0 saturated heterocycles. The maximum atomic E-state index is 13.6. The Kier molecular flexibility index (Phi) is 4.21. The Labute approximate surface area is 127 Å². The van der Waals surface area contributed by atoms with Crippen molar-refractivity contribution in [3.05, 3.63) is 34.7 Å². The first-order valence-electron chi connectivity index (χ1n) is 6.25. The zero-order chi connectivity index (χ0) is 17.4. The van der Waals surface area contributed by atoms with Crippen molar-refractivity contribution in [1.29, 1.82) is 0 Å². The molecule has 0 atom stereocenters. The third-order valence-electron chi connectivity index (χ3n) is 2.96. The molecular weight excluding hydrogens is 320 g/mol. The molecule has 0 unspecified atom stereocenters. The van der Waals surface area contributed by atoms with Gasteiger partial charge in [0.1, 0.15) is 5.69 Å². The third-order valence-corrected chi connectivity index (χ3v) is 2.96. The van der Waals surface area contributed by atoms with Gasteiger partial charge in [-0.3, -0.25) is 9.48 Å². The molecule has 0 aliphatic heterocycles. The van der Waals surface area contributed by atoms with Crippen LogP contribution in [-0.2, 0) is 20.3 Å². The van der Waals surface area contributed by atoms with E-state index in [0.29, 0.717) is 11.8 Å². The normalized spacial score (nSPS) is 12.1. The first-order valence-corrected chi connectivity index (χ1v) is 6.25. The number of alkyl halides is 3. The van der Waals surface area contributed by atoms with E-state index in [2.05, 4.69) is 15.3 Å². The summed E-state index contributed by atoms with van der Waals surface area (Å²) in [6.45, 7) is 1.54. The molecule has 7 nitrogen and oxygen atoms in total. The summed E-state index contributed by atoms with van der Waals surface area (Å²) in [5.74, 6) is -1.56. The Morgan fingerprint density at radius 1 is 1.30 bits per heavy atom. The van der Waals surface area contributed by atoms with Gasteiger partial charge in [-0.15, -0.1) is 0 Å². The number of amides is 1. The van der Waals surface area contributed by atoms with Crippen LogP contribution in [0, 0.1) is 12.9 Å². The van der Waals surface area contributed by atoms with Crippen LogP contribution in [0.3, 0.4) is 0 Å². The number of nitrogens with one attached hydrogen (secondary N) is 1. The molecule has 0 saturated carbocycles. The van der Waals surface area contributed by atoms with Crippen molar-refractivity contribution in [2.24, 2.45) is 19.2 Å². The highest BCUT2D eigenvalue weighted by Gasteiger charge is 2.35. The van der Waals surface area contributed by atoms with E-state index < -0.39 is 23.7 Å². The van der Waals surface area contributed by atoms with E-state index in [4.69, 9.17) is 0 Å². The highest BCUT2D eigenvalue weighted by molar-refractivity contribution is 5.93. The minimum Gasteiger partial charge on any atom is -0.266 e. The number of halogens is 4. The van der Waals surface area contributed by atoms with Crippen LogP contribution in [0.1, 0.15) is 27.4 Å². The van der Waals surface area contributed by atoms with E-state index in [1.165, 1.54) is 14.1 Å². The summed E-state index contributed by atoms with van der Waals surface area (Å²) in [6, 6.07) is 0.598. The summed E-state index contributed by atoms with van der Waals surface area (Å²) in [4.78, 5) is 11.8. The molecule has 23 heavy (non-hydrogen) atoms. The van der Waals surface area contributed by atoms with Crippen LogP contribution >= 0.6 is 0 Å². The lowest BCUT2D eigenvalue weighted by atomic mass is 10.3. The number of carbonyl (C=O) groups is 1. The number of hydrazone groups is 1. The summed E-state index contributed by atoms with van der Waals surface area (Å²) in [6.07, 6.45) is -3.63. The van der Waals surface area contributed by atoms with Crippen LogP contribution in [-0.4, -0.2) is 31.7 Å². The summed E-state index contributed by atoms with van der Waals surface area (Å²) in [7, 11) is 2.59. The number of rotatable bonds is 3. The molecule has 2 rings (SSSR count). The van der Waals surface area contributed by atoms with Crippen molar-refractivity contribution in [2.45, 2.75) is 13.1 Å². The van der Waals surface area contributed by atoms with Gasteiger partial charge in [0.2, 0.25) is 5.95 Å². The van der Waals surface area contributed by atoms with Crippen LogP contribution in [0.25, 0.3) is 0 Å². The van der Waals surface area contributed by atoms with Gasteiger partial charge in [-0.2, -0.15) is 32.9 Å². The van der Waals surface area contributed by atoms with Gasteiger partial charge >= 0.3 is 6.18 Å². The quantitative estimate of drug-likeness (QED) is 0.524. The first kappa shape index (κ1) is 16.6. The molecule has 0 aromatic carbocycles. The van der Waals surface area contributed by atoms with E-state index in [-0.39, 0.29) is 11.3 Å². The largest absolute Gasteiger partial charge is 0.435 e. The molecule has 2 aromatic rings. The fourth-order valence-corrected chi connectivity index (χ4v) is 1.82. The predicted octanol–water partition coefficient (Wildman–Crippen LogP) is 1.38. The van der Waals surface area contributed by atoms with E-state index in [0.717, 1.165) is 15.6 Å². The van der Waals surface area contributed by atoms with Crippen LogP contribution in [0.2, 0.25) is 0 Å². The Bertz CT molecular complexity index is 773. The van der Waals surface area contributed by atoms with E-state index >= 15 is 0 Å². The molecule has 11 heteroatoms. The molecule has 0 bridgehead atoms. The molecule has 0 fully saturated rings. The number of carbonyl (C=O) groups excluding carboxylic acids is 1. The second-order valence-corrected chi connectivity index (χ2v) is 4.65. The van der Waals surface area contributed by atoms with Gasteiger partial charge in [0.25, 0.3) is 5.91 Å². The summed E-state index contributed by atoms with van der Waals surface area (Å²) < 4.78 is 53.0. The lowest BCUT2D eigenvalue weighted by Crippen LogP contribution is -2.20. The zero-order valence-corrected chi connectivity index (χ0v) is 12.3. The van der Waals surface area contributed by atoms with Crippen molar-refractivity contribution in [3.8, 4) is 0 Å². The molecule has 0 aliphatic rings. The minimum atomic E-state index is -4.66. The van der Waals surface area contributed by atoms with Gasteiger partial charge in [0.15, 0.2) is 5.69 Å². The smallest absolute Gasteiger partial charge is 0.266 e. The van der Waals surface area contributed by atoms with Crippen molar-refractivity contribution < 1.29 is 22.4 Å². The van der Waals surface area contributed by atoms with Crippen LogP contribution in [0.15, 0.2) is 11.2 Å². The fraction of sp³-hybridized carbons (Fsp3) is 0.333. The number of hydrogen-bond donors (Lipinski definition) is 1. The summed E-state index contributed by atoms with van der Waals surface area (Å²) >= 11 is 0. The molecule has 2 aromatic heterocycles. The Hall–Kier alpha value is -2.72. The molecule has 2 heterocycles. The standard InChI is InChI=1S/C12H12F4N6O/c1-6-7(10(13)22(3)19-6)5-17-18-11(23)8-4-9(12(14,15)16)20-21(8)2/h4-5H,1-3H3,(H,18,23). The van der Waals surface area contributed by atoms with Crippen molar-refractivity contribution in [1.82, 2.24) is 25.0 Å². The average molecular weight is 332 g/mol. The monoisotopic (exact) mass is 332 g/mol. The van der Waals surface area contributed by atoms with E-state index in [1.807, 2.05) is 5.43 Å². The molecule has 0 radical (unpaired) electrons. The van der Waals surface area contributed by atoms with Crippen molar-refractivity contribution in [2.75, 3.05) is 0 Å². The lowest BCUT2D eigenvalue weighted by Gasteiger charge is -1.99. The average Bonchev–Trinajstić information content (AvgIpc) is 2.93. The second-order valence-electron chi connectivity index (χ2n) is 4.65. The number of aromatic nitrogens is 4. The van der Waals surface area contributed by atoms with Gasteiger partial charge in [0, 0.05) is 20.2 Å². The molecule has 0 aliphatic carbocycles. The van der Waals surface area contributed by atoms with Crippen LogP contribution in [0.4, 0.5) is 17.6 Å². The van der Waals surface area contributed by atoms with Crippen LogP contribution in [0.5, 0.6) is 0 Å². The van der Waals surface area contributed by atoms with Gasteiger partial charge in [0.05, 0.1) is 17.5 Å². The molecule has 1 amide bonds. The fourth-order valence-electron chi connectivity index (χ4n) is 1.82. The Balaban J connectivity index is 2.14. The van der Waals surface area contributed by atoms with E-state index in [1.54, 1.807) is 6.92 Å². The van der Waals surface area contributed by atoms with Gasteiger partial charge in [-0.1, -0.05) is 0 Å². The topological polar surface area (TPSA) is 77.1 Å².